The van der Waals surface area contributed by atoms with E-state index in [2.05, 4.69) is 9.97 Å². The zero-order chi connectivity index (χ0) is 29.5. The van der Waals surface area contributed by atoms with Gasteiger partial charge >= 0.3 is 11.9 Å². The lowest BCUT2D eigenvalue weighted by Gasteiger charge is -2.14. The maximum atomic E-state index is 12.7. The quantitative estimate of drug-likeness (QED) is 0.168. The number of aromatic amines is 1. The average Bonchev–Trinajstić information content (AvgIpc) is 3.02. The molecule has 0 aliphatic carbocycles. The first-order chi connectivity index (χ1) is 19.8. The summed E-state index contributed by atoms with van der Waals surface area (Å²) in [6.07, 6.45) is 0. The van der Waals surface area contributed by atoms with E-state index in [4.69, 9.17) is 18.9 Å². The van der Waals surface area contributed by atoms with Crippen LogP contribution < -0.4 is 15.0 Å². The summed E-state index contributed by atoms with van der Waals surface area (Å²) < 4.78 is 20.4. The van der Waals surface area contributed by atoms with Crippen LogP contribution in [0.15, 0.2) is 70.6 Å². The third kappa shape index (κ3) is 6.23. The van der Waals surface area contributed by atoms with Gasteiger partial charge in [-0.25, -0.2) is 14.6 Å². The van der Waals surface area contributed by atoms with E-state index in [9.17, 15) is 19.6 Å². The van der Waals surface area contributed by atoms with Crippen molar-refractivity contribution >= 4 is 23.7 Å². The van der Waals surface area contributed by atoms with E-state index in [0.717, 1.165) is 5.56 Å². The molecular formula is C30H25N3O7S. The summed E-state index contributed by atoms with van der Waals surface area (Å²) in [5, 5.41) is 10.0. The molecule has 1 aromatic heterocycles. The highest BCUT2D eigenvalue weighted by Gasteiger charge is 2.20. The van der Waals surface area contributed by atoms with E-state index in [0.29, 0.717) is 44.7 Å². The molecule has 0 fully saturated rings. The number of aromatic nitrogens is 2. The summed E-state index contributed by atoms with van der Waals surface area (Å²) in [5.74, 6) is 0.304. The van der Waals surface area contributed by atoms with Crippen molar-refractivity contribution in [3.05, 3.63) is 93.3 Å². The molecule has 0 unspecified atom stereocenters. The maximum absolute atomic E-state index is 12.7. The SMILES string of the molecule is COC(=O)c1ccc(CSc2nc(-c3ccc(-c4cc(OC)c(OC)cc4C(=O)OC)cc3)c(C#N)c(=O)[nH]2)cc1. The molecule has 4 rings (SSSR count). The molecule has 0 saturated heterocycles. The summed E-state index contributed by atoms with van der Waals surface area (Å²) in [6.45, 7) is 0. The predicted octanol–water partition coefficient (Wildman–Crippen LogP) is 4.86. The van der Waals surface area contributed by atoms with Crippen LogP contribution in [0, 0.1) is 11.3 Å². The summed E-state index contributed by atoms with van der Waals surface area (Å²) in [5.41, 5.74) is 2.93. The largest absolute Gasteiger partial charge is 0.493 e. The fourth-order valence-electron chi connectivity index (χ4n) is 4.04. The first-order valence-electron chi connectivity index (χ1n) is 12.1. The van der Waals surface area contributed by atoms with Crippen LogP contribution in [-0.4, -0.2) is 50.3 Å². The molecule has 11 heteroatoms. The van der Waals surface area contributed by atoms with E-state index < -0.39 is 17.5 Å². The topological polar surface area (TPSA) is 141 Å². The van der Waals surface area contributed by atoms with Crippen molar-refractivity contribution in [2.75, 3.05) is 28.4 Å². The normalized spacial score (nSPS) is 10.4. The predicted molar refractivity (Wildman–Crippen MR) is 152 cm³/mol. The lowest BCUT2D eigenvalue weighted by Crippen LogP contribution is -2.14. The Bertz CT molecular complexity index is 1690. The molecule has 0 atom stereocenters. The fourth-order valence-corrected chi connectivity index (χ4v) is 4.86. The molecule has 1 heterocycles. The molecule has 208 valence electrons. The third-order valence-electron chi connectivity index (χ3n) is 6.16. The number of ether oxygens (including phenoxy) is 4. The lowest BCUT2D eigenvalue weighted by atomic mass is 9.96. The van der Waals surface area contributed by atoms with E-state index in [1.807, 2.05) is 6.07 Å². The highest BCUT2D eigenvalue weighted by Crippen LogP contribution is 2.37. The number of carbonyl (C=O) groups excluding carboxylic acids is 2. The number of esters is 2. The number of H-pyrrole nitrogens is 1. The molecule has 1 N–H and O–H groups in total. The first-order valence-corrected chi connectivity index (χ1v) is 13.1. The van der Waals surface area contributed by atoms with Crippen molar-refractivity contribution in [1.82, 2.24) is 9.97 Å². The molecule has 10 nitrogen and oxygen atoms in total. The Hall–Kier alpha value is -5.08. The molecule has 0 aliphatic rings. The number of carbonyl (C=O) groups is 2. The molecule has 4 aromatic rings. The number of thioether (sulfide) groups is 1. The summed E-state index contributed by atoms with van der Waals surface area (Å²) in [6, 6.07) is 19.0. The number of methoxy groups -OCH3 is 4. The van der Waals surface area contributed by atoms with Crippen LogP contribution in [0.4, 0.5) is 0 Å². The number of nitrogens with zero attached hydrogens (tertiary/aromatic N) is 2. The molecule has 0 saturated carbocycles. The van der Waals surface area contributed by atoms with Gasteiger partial charge in [-0.1, -0.05) is 48.2 Å². The van der Waals surface area contributed by atoms with Crippen molar-refractivity contribution in [3.63, 3.8) is 0 Å². The highest BCUT2D eigenvalue weighted by molar-refractivity contribution is 7.98. The van der Waals surface area contributed by atoms with Crippen molar-refractivity contribution in [1.29, 1.82) is 5.26 Å². The van der Waals surface area contributed by atoms with Crippen LogP contribution in [0.3, 0.4) is 0 Å². The Morgan fingerprint density at radius 1 is 0.878 bits per heavy atom. The van der Waals surface area contributed by atoms with Crippen molar-refractivity contribution in [2.24, 2.45) is 0 Å². The molecule has 0 amide bonds. The second kappa shape index (κ2) is 12.8. The molecule has 0 bridgehead atoms. The van der Waals surface area contributed by atoms with Crippen LogP contribution in [0.5, 0.6) is 11.5 Å². The summed E-state index contributed by atoms with van der Waals surface area (Å²) >= 11 is 1.28. The first kappa shape index (κ1) is 28.9. The summed E-state index contributed by atoms with van der Waals surface area (Å²) in [7, 11) is 5.58. The van der Waals surface area contributed by atoms with Gasteiger partial charge in [0, 0.05) is 16.9 Å². The minimum absolute atomic E-state index is 0.120. The minimum atomic E-state index is -0.557. The van der Waals surface area contributed by atoms with Gasteiger partial charge in [-0.3, -0.25) is 4.79 Å². The zero-order valence-electron chi connectivity index (χ0n) is 22.6. The smallest absolute Gasteiger partial charge is 0.338 e. The van der Waals surface area contributed by atoms with Crippen LogP contribution in [0.25, 0.3) is 22.4 Å². The average molecular weight is 572 g/mol. The van der Waals surface area contributed by atoms with Crippen molar-refractivity contribution < 1.29 is 28.5 Å². The fraction of sp³-hybridized carbons (Fsp3) is 0.167. The van der Waals surface area contributed by atoms with Gasteiger partial charge in [0.1, 0.15) is 11.6 Å². The van der Waals surface area contributed by atoms with Gasteiger partial charge in [-0.2, -0.15) is 5.26 Å². The molecular weight excluding hydrogens is 546 g/mol. The lowest BCUT2D eigenvalue weighted by molar-refractivity contribution is 0.0592. The number of rotatable bonds is 9. The van der Waals surface area contributed by atoms with E-state index >= 15 is 0 Å². The Morgan fingerprint density at radius 2 is 1.49 bits per heavy atom. The second-order valence-electron chi connectivity index (χ2n) is 8.51. The van der Waals surface area contributed by atoms with Crippen LogP contribution in [0.1, 0.15) is 31.8 Å². The van der Waals surface area contributed by atoms with Gasteiger partial charge in [-0.05, 0) is 35.4 Å². The summed E-state index contributed by atoms with van der Waals surface area (Å²) in [4.78, 5) is 44.1. The minimum Gasteiger partial charge on any atom is -0.493 e. The van der Waals surface area contributed by atoms with Crippen LogP contribution in [0.2, 0.25) is 0 Å². The number of nitrogens with one attached hydrogen (secondary N) is 1. The van der Waals surface area contributed by atoms with Gasteiger partial charge < -0.3 is 23.9 Å². The standard InChI is InChI=1S/C30H25N3O7S/c1-37-24-13-21(22(29(36)40-4)14-25(24)38-2)18-9-11-19(12-10-18)26-23(15-31)27(34)33-30(32-26)41-16-17-5-7-20(8-6-17)28(35)39-3/h5-14H,16H2,1-4H3,(H,32,33,34). The molecule has 3 aromatic carbocycles. The number of hydrogen-bond donors (Lipinski definition) is 1. The molecule has 0 spiro atoms. The van der Waals surface area contributed by atoms with Gasteiger partial charge in [0.2, 0.25) is 0 Å². The van der Waals surface area contributed by atoms with Gasteiger partial charge in [0.25, 0.3) is 5.56 Å². The monoisotopic (exact) mass is 571 g/mol. The Labute approximate surface area is 239 Å². The molecule has 41 heavy (non-hydrogen) atoms. The van der Waals surface area contributed by atoms with Crippen molar-refractivity contribution in [3.8, 4) is 40.0 Å². The molecule has 0 radical (unpaired) electrons. The van der Waals surface area contributed by atoms with Crippen molar-refractivity contribution in [2.45, 2.75) is 10.9 Å². The maximum Gasteiger partial charge on any atom is 0.338 e. The van der Waals surface area contributed by atoms with Gasteiger partial charge in [0.05, 0.1) is 45.3 Å². The second-order valence-corrected chi connectivity index (χ2v) is 9.47. The van der Waals surface area contributed by atoms with Gasteiger partial charge in [0.15, 0.2) is 16.7 Å². The number of hydrogen-bond acceptors (Lipinski definition) is 10. The number of nitriles is 1. The number of benzene rings is 3. The van der Waals surface area contributed by atoms with E-state index in [-0.39, 0.29) is 16.8 Å². The zero-order valence-corrected chi connectivity index (χ0v) is 23.5. The Balaban J connectivity index is 1.66. The van der Waals surface area contributed by atoms with Crippen LogP contribution in [-0.2, 0) is 15.2 Å². The Morgan fingerprint density at radius 3 is 2.07 bits per heavy atom. The third-order valence-corrected chi connectivity index (χ3v) is 7.10. The van der Waals surface area contributed by atoms with E-state index in [1.165, 1.54) is 40.2 Å². The Kier molecular flexibility index (Phi) is 9.06. The highest BCUT2D eigenvalue weighted by atomic mass is 32.2. The van der Waals surface area contributed by atoms with Gasteiger partial charge in [-0.15, -0.1) is 0 Å². The van der Waals surface area contributed by atoms with Crippen LogP contribution >= 0.6 is 11.8 Å². The van der Waals surface area contributed by atoms with E-state index in [1.54, 1.807) is 60.7 Å². The molecule has 0 aliphatic heterocycles.